The van der Waals surface area contributed by atoms with E-state index in [1.54, 1.807) is 0 Å². The van der Waals surface area contributed by atoms with Crippen molar-refractivity contribution in [1.82, 2.24) is 10.6 Å². The Morgan fingerprint density at radius 2 is 1.69 bits per heavy atom. The molecule has 0 radical (unpaired) electrons. The Bertz CT molecular complexity index is 1270. The third-order valence-electron chi connectivity index (χ3n) is 13.5. The van der Waals surface area contributed by atoms with Gasteiger partial charge < -0.3 is 40.5 Å². The molecule has 0 unspecified atom stereocenters. The van der Waals surface area contributed by atoms with Crippen molar-refractivity contribution in [2.45, 2.75) is 135 Å². The van der Waals surface area contributed by atoms with Gasteiger partial charge in [0.1, 0.15) is 24.4 Å². The molecule has 7 N–H and O–H groups in total. The molecule has 5 rings (SSSR count). The summed E-state index contributed by atoms with van der Waals surface area (Å²) in [6.45, 7) is 7.70. The first-order chi connectivity index (χ1) is 22.5. The van der Waals surface area contributed by atoms with E-state index in [1.165, 1.54) is 6.92 Å². The number of amides is 2. The van der Waals surface area contributed by atoms with Crippen LogP contribution in [0.25, 0.3) is 0 Å². The number of ether oxygens (including phenoxy) is 2. The van der Waals surface area contributed by atoms with E-state index in [9.17, 15) is 38.4 Å². The van der Waals surface area contributed by atoms with E-state index >= 15 is 0 Å². The minimum atomic E-state index is -4.12. The number of hydrogen-bond acceptors (Lipinski definition) is 10. The number of carbonyl (C=O) groups excluding carboxylic acids is 2. The van der Waals surface area contributed by atoms with Gasteiger partial charge in [-0.1, -0.05) is 20.8 Å². The first-order valence-electron chi connectivity index (χ1n) is 17.9. The van der Waals surface area contributed by atoms with Gasteiger partial charge in [-0.2, -0.15) is 8.42 Å². The molecular weight excluding hydrogens is 644 g/mol. The van der Waals surface area contributed by atoms with Crippen LogP contribution in [0.4, 0.5) is 0 Å². The molecule has 5 aliphatic rings. The Labute approximate surface area is 284 Å². The molecule has 1 aliphatic heterocycles. The average molecular weight is 703 g/mol. The highest BCUT2D eigenvalue weighted by atomic mass is 32.2. The summed E-state index contributed by atoms with van der Waals surface area (Å²) in [7, 11) is -4.12. The van der Waals surface area contributed by atoms with Crippen LogP contribution in [0.5, 0.6) is 0 Å². The van der Waals surface area contributed by atoms with Crippen molar-refractivity contribution >= 4 is 21.9 Å². The van der Waals surface area contributed by atoms with Crippen LogP contribution in [0.15, 0.2) is 0 Å². The van der Waals surface area contributed by atoms with Crippen LogP contribution in [-0.4, -0.2) is 107 Å². The third kappa shape index (κ3) is 7.61. The lowest BCUT2D eigenvalue weighted by atomic mass is 9.43. The minimum absolute atomic E-state index is 0.0305. The molecule has 15 atom stereocenters. The Balaban J connectivity index is 1.21. The molecule has 4 aliphatic carbocycles. The van der Waals surface area contributed by atoms with Crippen LogP contribution in [0.3, 0.4) is 0 Å². The zero-order valence-corrected chi connectivity index (χ0v) is 29.6. The Morgan fingerprint density at radius 1 is 1.00 bits per heavy atom. The lowest BCUT2D eigenvalue weighted by molar-refractivity contribution is -0.290. The Morgan fingerprint density at radius 3 is 2.35 bits per heavy atom. The van der Waals surface area contributed by atoms with E-state index in [0.717, 1.165) is 38.5 Å². The highest BCUT2D eigenvalue weighted by Crippen LogP contribution is 2.68. The summed E-state index contributed by atoms with van der Waals surface area (Å²) in [5.74, 6) is 0.828. The molecule has 0 aromatic carbocycles. The normalized spacial score (nSPS) is 44.9. The van der Waals surface area contributed by atoms with E-state index < -0.39 is 65.1 Å². The summed E-state index contributed by atoms with van der Waals surface area (Å²) in [5.41, 5.74) is 0.0982. The summed E-state index contributed by atoms with van der Waals surface area (Å²) >= 11 is 0. The van der Waals surface area contributed by atoms with Gasteiger partial charge in [0, 0.05) is 19.9 Å². The Hall–Kier alpha value is -1.39. The molecule has 1 heterocycles. The average Bonchev–Trinajstić information content (AvgIpc) is 3.36. The first kappa shape index (κ1) is 37.9. The van der Waals surface area contributed by atoms with Gasteiger partial charge in [0.15, 0.2) is 6.29 Å². The van der Waals surface area contributed by atoms with Gasteiger partial charge in [-0.25, -0.2) is 0 Å². The van der Waals surface area contributed by atoms with Crippen LogP contribution in [0, 0.1) is 46.3 Å². The fourth-order valence-electron chi connectivity index (χ4n) is 11.0. The van der Waals surface area contributed by atoms with Gasteiger partial charge in [-0.3, -0.25) is 14.1 Å². The second-order valence-corrected chi connectivity index (χ2v) is 17.7. The smallest absolute Gasteiger partial charge is 0.266 e. The summed E-state index contributed by atoms with van der Waals surface area (Å²) in [6, 6.07) is -0.983. The molecule has 5 fully saturated rings. The van der Waals surface area contributed by atoms with Crippen molar-refractivity contribution < 1.29 is 52.5 Å². The number of nitrogens with one attached hydrogen (secondary N) is 2. The van der Waals surface area contributed by atoms with Gasteiger partial charge in [0.25, 0.3) is 10.1 Å². The molecule has 0 spiro atoms. The molecule has 276 valence electrons. The molecule has 1 saturated heterocycles. The lowest BCUT2D eigenvalue weighted by Crippen LogP contribution is -2.65. The minimum Gasteiger partial charge on any atom is -0.394 e. The fraction of sp³-hybridized carbons (Fsp3) is 0.941. The van der Waals surface area contributed by atoms with Crippen molar-refractivity contribution in [1.29, 1.82) is 0 Å². The molecule has 4 saturated carbocycles. The molecule has 0 aromatic rings. The van der Waals surface area contributed by atoms with Gasteiger partial charge in [0.05, 0.1) is 24.6 Å². The largest absolute Gasteiger partial charge is 0.394 e. The highest BCUT2D eigenvalue weighted by Gasteiger charge is 2.63. The predicted molar refractivity (Wildman–Crippen MR) is 175 cm³/mol. The molecule has 2 amide bonds. The maximum Gasteiger partial charge on any atom is 0.266 e. The fourth-order valence-corrected chi connectivity index (χ4v) is 11.4. The molecule has 0 bridgehead atoms. The van der Waals surface area contributed by atoms with E-state index in [1.807, 2.05) is 0 Å². The lowest BCUT2D eigenvalue weighted by Gasteiger charge is -2.62. The zero-order valence-electron chi connectivity index (χ0n) is 28.8. The highest BCUT2D eigenvalue weighted by molar-refractivity contribution is 7.85. The predicted octanol–water partition coefficient (Wildman–Crippen LogP) is 1.37. The number of fused-ring (bicyclic) bond motifs is 5. The molecule has 14 heteroatoms. The number of hydrogen-bond donors (Lipinski definition) is 7. The quantitative estimate of drug-likeness (QED) is 0.121. The summed E-state index contributed by atoms with van der Waals surface area (Å²) in [4.78, 5) is 24.3. The number of rotatable bonds is 11. The summed E-state index contributed by atoms with van der Waals surface area (Å²) in [5, 5.41) is 47.9. The van der Waals surface area contributed by atoms with Gasteiger partial charge in [0.2, 0.25) is 11.8 Å². The van der Waals surface area contributed by atoms with Crippen molar-refractivity contribution in [3.05, 3.63) is 0 Å². The zero-order chi connectivity index (χ0) is 35.2. The maximum atomic E-state index is 12.4. The topological polar surface area (TPSA) is 212 Å². The molecule has 0 aromatic heterocycles. The number of aliphatic hydroxyl groups is 4. The molecule has 48 heavy (non-hydrogen) atoms. The second kappa shape index (κ2) is 14.7. The van der Waals surface area contributed by atoms with Crippen LogP contribution < -0.4 is 10.6 Å². The second-order valence-electron chi connectivity index (χ2n) is 16.1. The molecular formula is C34H58N2O11S. The molecule has 13 nitrogen and oxygen atoms in total. The van der Waals surface area contributed by atoms with E-state index in [4.69, 9.17) is 14.0 Å². The van der Waals surface area contributed by atoms with Gasteiger partial charge >= 0.3 is 0 Å². The van der Waals surface area contributed by atoms with E-state index in [2.05, 4.69) is 31.4 Å². The van der Waals surface area contributed by atoms with Crippen LogP contribution >= 0.6 is 0 Å². The standard InChI is InChI=1S/C34H58N2O11S/c1-18(5-8-27(40)35-13-14-48(43,44)45)22-6-7-23-28-24(10-12-34(22,23)4)33(3)11-9-21(15-20(33)16-25(28)39)46-32-29(36-19(2)38)31(42)30(41)26(17-37)47-32/h18,20-26,28-32,37,39,41-42H,5-17H2,1-4H3,(H,35,40)(H,36,38)(H,43,44,45)/t18-,20+,21-,22-,23+,24+,25-,26-,28+,29-,30-,31-,32-,33+,34-/m1/s1. The summed E-state index contributed by atoms with van der Waals surface area (Å²) in [6.07, 6.45) is 2.82. The number of carbonyl (C=O) groups is 2. The van der Waals surface area contributed by atoms with Crippen molar-refractivity contribution in [3.8, 4) is 0 Å². The SMILES string of the molecule is CC(=O)N[C@H]1[C@H](O[C@@H]2CC[C@@]3(C)[C@@H](C2)C[C@@H](O)[C@@H]2[C@@H]3CC[C@]3(C)[C@@H]([C@H](C)CCC(=O)NCCS(=O)(=O)O)CC[C@@H]23)O[C@H](CO)[C@@H](O)[C@@H]1O. The van der Waals surface area contributed by atoms with Crippen LogP contribution in [0.2, 0.25) is 0 Å². The van der Waals surface area contributed by atoms with Crippen molar-refractivity contribution in [2.24, 2.45) is 46.3 Å². The van der Waals surface area contributed by atoms with E-state index in [0.29, 0.717) is 49.4 Å². The third-order valence-corrected chi connectivity index (χ3v) is 14.2. The van der Waals surface area contributed by atoms with E-state index in [-0.39, 0.29) is 41.2 Å². The summed E-state index contributed by atoms with van der Waals surface area (Å²) < 4.78 is 43.1. The van der Waals surface area contributed by atoms with Crippen LogP contribution in [-0.2, 0) is 29.2 Å². The van der Waals surface area contributed by atoms with Gasteiger partial charge in [-0.05, 0) is 104 Å². The number of aliphatic hydroxyl groups excluding tert-OH is 4. The van der Waals surface area contributed by atoms with Crippen LogP contribution in [0.1, 0.15) is 91.9 Å². The Kier molecular flexibility index (Phi) is 11.6. The monoisotopic (exact) mass is 702 g/mol. The van der Waals surface area contributed by atoms with Crippen molar-refractivity contribution in [3.63, 3.8) is 0 Å². The van der Waals surface area contributed by atoms with Gasteiger partial charge in [-0.15, -0.1) is 0 Å². The van der Waals surface area contributed by atoms with Crippen molar-refractivity contribution in [2.75, 3.05) is 18.9 Å². The first-order valence-corrected chi connectivity index (χ1v) is 19.5. The maximum absolute atomic E-state index is 12.4.